The van der Waals surface area contributed by atoms with E-state index >= 15 is 0 Å². The third-order valence-corrected chi connectivity index (χ3v) is 2.84. The van der Waals surface area contributed by atoms with Gasteiger partial charge in [0.25, 0.3) is 5.92 Å². The summed E-state index contributed by atoms with van der Waals surface area (Å²) in [7, 11) is 0. The van der Waals surface area contributed by atoms with Crippen LogP contribution < -0.4 is 0 Å². The molecule has 0 spiro atoms. The molecule has 0 heterocycles. The molecule has 0 saturated heterocycles. The van der Waals surface area contributed by atoms with Gasteiger partial charge in [0, 0.05) is 11.5 Å². The first kappa shape index (κ1) is 9.63. The fourth-order valence-electron chi connectivity index (χ4n) is 1.76. The van der Waals surface area contributed by atoms with Gasteiger partial charge in [-0.3, -0.25) is 0 Å². The molecule has 0 aromatic heterocycles. The van der Waals surface area contributed by atoms with Gasteiger partial charge in [-0.1, -0.05) is 17.7 Å². The molecule has 1 aliphatic carbocycles. The molecule has 1 aromatic rings. The number of halogens is 2. The molecule has 0 unspecified atom stereocenters. The number of benzene rings is 1. The lowest BCUT2D eigenvalue weighted by Crippen LogP contribution is -2.17. The minimum Gasteiger partial charge on any atom is -0.201 e. The minimum absolute atomic E-state index is 0.222. The van der Waals surface area contributed by atoms with Crippen molar-refractivity contribution in [1.82, 2.24) is 0 Å². The lowest BCUT2D eigenvalue weighted by Gasteiger charge is -2.18. The Labute approximate surface area is 82.9 Å². The third-order valence-electron chi connectivity index (χ3n) is 2.84. The molecule has 1 saturated carbocycles. The third kappa shape index (κ3) is 1.54. The Morgan fingerprint density at radius 1 is 1.21 bits per heavy atom. The summed E-state index contributed by atoms with van der Waals surface area (Å²) in [5, 5.41) is 0. The highest BCUT2D eigenvalue weighted by Gasteiger charge is 2.48. The Morgan fingerprint density at radius 2 is 1.86 bits per heavy atom. The first-order valence-corrected chi connectivity index (χ1v) is 4.97. The predicted molar refractivity (Wildman–Crippen MR) is 52.5 cm³/mol. The molecular formula is C12H14F2. The molecule has 1 fully saturated rings. The van der Waals surface area contributed by atoms with E-state index in [2.05, 4.69) is 0 Å². The van der Waals surface area contributed by atoms with Crippen molar-refractivity contribution in [2.24, 2.45) is 5.92 Å². The molecular weight excluding hydrogens is 182 g/mol. The Hall–Kier alpha value is -0.920. The summed E-state index contributed by atoms with van der Waals surface area (Å²) in [6.07, 6.45) is 1.33. The topological polar surface area (TPSA) is 0 Å². The highest BCUT2D eigenvalue weighted by molar-refractivity contribution is 5.34. The number of hydrogen-bond acceptors (Lipinski definition) is 0. The highest BCUT2D eigenvalue weighted by Crippen LogP contribution is 2.50. The second-order valence-electron chi connectivity index (χ2n) is 4.22. The molecule has 0 radical (unpaired) electrons. The largest absolute Gasteiger partial charge is 0.276 e. The molecule has 0 N–H and O–H groups in total. The number of hydrogen-bond donors (Lipinski definition) is 0. The molecule has 0 atom stereocenters. The number of aryl methyl sites for hydroxylation is 2. The van der Waals surface area contributed by atoms with Gasteiger partial charge < -0.3 is 0 Å². The summed E-state index contributed by atoms with van der Waals surface area (Å²) in [4.78, 5) is 0. The van der Waals surface area contributed by atoms with Gasteiger partial charge in [-0.25, -0.2) is 8.78 Å². The van der Waals surface area contributed by atoms with Crippen molar-refractivity contribution >= 4 is 0 Å². The first-order chi connectivity index (χ1) is 6.51. The number of alkyl halides is 2. The van der Waals surface area contributed by atoms with Crippen LogP contribution in [0.4, 0.5) is 8.78 Å². The second-order valence-corrected chi connectivity index (χ2v) is 4.22. The molecule has 14 heavy (non-hydrogen) atoms. The van der Waals surface area contributed by atoms with Crippen LogP contribution in [0.25, 0.3) is 0 Å². The van der Waals surface area contributed by atoms with Gasteiger partial charge in [-0.2, -0.15) is 0 Å². The molecule has 2 rings (SSSR count). The van der Waals surface area contributed by atoms with Crippen molar-refractivity contribution < 1.29 is 8.78 Å². The maximum absolute atomic E-state index is 13.8. The maximum atomic E-state index is 13.8. The van der Waals surface area contributed by atoms with E-state index in [1.165, 1.54) is 0 Å². The molecule has 1 aromatic carbocycles. The average Bonchev–Trinajstić information content (AvgIpc) is 2.91. The monoisotopic (exact) mass is 196 g/mol. The van der Waals surface area contributed by atoms with Gasteiger partial charge in [0.15, 0.2) is 0 Å². The van der Waals surface area contributed by atoms with Crippen LogP contribution in [-0.4, -0.2) is 0 Å². The van der Waals surface area contributed by atoms with Crippen LogP contribution in [0.15, 0.2) is 18.2 Å². The summed E-state index contributed by atoms with van der Waals surface area (Å²) < 4.78 is 27.6. The Kier molecular flexibility index (Phi) is 2.09. The van der Waals surface area contributed by atoms with E-state index < -0.39 is 11.8 Å². The van der Waals surface area contributed by atoms with E-state index in [0.29, 0.717) is 18.4 Å². The Balaban J connectivity index is 2.43. The zero-order valence-electron chi connectivity index (χ0n) is 8.48. The quantitative estimate of drug-likeness (QED) is 0.674. The van der Waals surface area contributed by atoms with Crippen LogP contribution in [-0.2, 0) is 5.92 Å². The van der Waals surface area contributed by atoms with Crippen LogP contribution in [0, 0.1) is 19.8 Å². The fourth-order valence-corrected chi connectivity index (χ4v) is 1.76. The maximum Gasteiger partial charge on any atom is 0.276 e. The van der Waals surface area contributed by atoms with Crippen molar-refractivity contribution in [2.45, 2.75) is 32.6 Å². The molecule has 0 nitrogen and oxygen atoms in total. The van der Waals surface area contributed by atoms with Gasteiger partial charge in [0.2, 0.25) is 0 Å². The highest BCUT2D eigenvalue weighted by atomic mass is 19.3. The standard InChI is InChI=1S/C12H14F2/c1-8-3-4-9(2)11(7-8)12(13,14)10-5-6-10/h3-4,7,10H,5-6H2,1-2H3. The lowest BCUT2D eigenvalue weighted by molar-refractivity contribution is -0.0291. The summed E-state index contributed by atoms with van der Waals surface area (Å²) in [6.45, 7) is 3.61. The van der Waals surface area contributed by atoms with Crippen LogP contribution in [0.5, 0.6) is 0 Å². The molecule has 0 amide bonds. The van der Waals surface area contributed by atoms with Crippen molar-refractivity contribution in [3.63, 3.8) is 0 Å². The molecule has 2 heteroatoms. The molecule has 1 aliphatic rings. The molecule has 0 bridgehead atoms. The zero-order chi connectivity index (χ0) is 10.3. The van der Waals surface area contributed by atoms with Crippen molar-refractivity contribution in [3.8, 4) is 0 Å². The summed E-state index contributed by atoms with van der Waals surface area (Å²) in [6, 6.07) is 5.27. The smallest absolute Gasteiger partial charge is 0.201 e. The first-order valence-electron chi connectivity index (χ1n) is 4.97. The average molecular weight is 196 g/mol. The molecule has 0 aliphatic heterocycles. The van der Waals surface area contributed by atoms with E-state index in [-0.39, 0.29) is 5.56 Å². The van der Waals surface area contributed by atoms with Crippen LogP contribution >= 0.6 is 0 Å². The van der Waals surface area contributed by atoms with Crippen LogP contribution in [0.2, 0.25) is 0 Å². The van der Waals surface area contributed by atoms with E-state index in [4.69, 9.17) is 0 Å². The fraction of sp³-hybridized carbons (Fsp3) is 0.500. The van der Waals surface area contributed by atoms with E-state index in [1.807, 2.05) is 13.0 Å². The summed E-state index contributed by atoms with van der Waals surface area (Å²) >= 11 is 0. The number of rotatable bonds is 2. The minimum atomic E-state index is -2.61. The van der Waals surface area contributed by atoms with Gasteiger partial charge in [-0.15, -0.1) is 0 Å². The normalized spacial score (nSPS) is 17.1. The van der Waals surface area contributed by atoms with Crippen molar-refractivity contribution in [3.05, 3.63) is 34.9 Å². The lowest BCUT2D eigenvalue weighted by atomic mass is 9.97. The van der Waals surface area contributed by atoms with Crippen molar-refractivity contribution in [2.75, 3.05) is 0 Å². The second kappa shape index (κ2) is 3.04. The Bertz CT molecular complexity index is 351. The SMILES string of the molecule is Cc1ccc(C)c(C(F)(F)C2CC2)c1. The van der Waals surface area contributed by atoms with Gasteiger partial charge in [-0.05, 0) is 38.3 Å². The van der Waals surface area contributed by atoms with Gasteiger partial charge in [0.05, 0.1) is 0 Å². The molecule has 76 valence electrons. The van der Waals surface area contributed by atoms with E-state index in [1.54, 1.807) is 19.1 Å². The van der Waals surface area contributed by atoms with Gasteiger partial charge >= 0.3 is 0 Å². The summed E-state index contributed by atoms with van der Waals surface area (Å²) in [5.74, 6) is -3.03. The summed E-state index contributed by atoms with van der Waals surface area (Å²) in [5.41, 5.74) is 1.83. The van der Waals surface area contributed by atoms with Crippen LogP contribution in [0.1, 0.15) is 29.5 Å². The van der Waals surface area contributed by atoms with Gasteiger partial charge in [0.1, 0.15) is 0 Å². The van der Waals surface area contributed by atoms with Crippen molar-refractivity contribution in [1.29, 1.82) is 0 Å². The van der Waals surface area contributed by atoms with Crippen LogP contribution in [0.3, 0.4) is 0 Å². The zero-order valence-corrected chi connectivity index (χ0v) is 8.48. The van der Waals surface area contributed by atoms with E-state index in [9.17, 15) is 8.78 Å². The van der Waals surface area contributed by atoms with E-state index in [0.717, 1.165) is 5.56 Å². The Morgan fingerprint density at radius 3 is 2.43 bits per heavy atom. The predicted octanol–water partition coefficient (Wildman–Crippen LogP) is 3.81.